The first-order chi connectivity index (χ1) is 9.19. The zero-order valence-electron chi connectivity index (χ0n) is 12.1. The standard InChI is InChI=1S/C14H23N3O2/c1-4-14(5-2,13(18)19-6-3)12-16-15-11-9-7-8-10-17(11)12/h4-10H2,1-3H3. The van der Waals surface area contributed by atoms with E-state index in [1.54, 1.807) is 0 Å². The molecule has 1 aliphatic heterocycles. The maximum absolute atomic E-state index is 12.4. The van der Waals surface area contributed by atoms with Crippen molar-refractivity contribution in [1.29, 1.82) is 0 Å². The SMILES string of the molecule is CCOC(=O)C(CC)(CC)c1nnc2n1CCCC2. The Labute approximate surface area is 114 Å². The van der Waals surface area contributed by atoms with Gasteiger partial charge in [0.25, 0.3) is 0 Å². The van der Waals surface area contributed by atoms with E-state index in [1.165, 1.54) is 0 Å². The highest BCUT2D eigenvalue weighted by molar-refractivity contribution is 5.82. The molecule has 0 fully saturated rings. The number of carbonyl (C=O) groups excluding carboxylic acids is 1. The largest absolute Gasteiger partial charge is 0.465 e. The summed E-state index contributed by atoms with van der Waals surface area (Å²) in [6.45, 7) is 7.20. The van der Waals surface area contributed by atoms with Crippen molar-refractivity contribution in [3.8, 4) is 0 Å². The maximum Gasteiger partial charge on any atom is 0.319 e. The molecule has 5 nitrogen and oxygen atoms in total. The first kappa shape index (κ1) is 14.0. The van der Waals surface area contributed by atoms with Gasteiger partial charge in [-0.25, -0.2) is 0 Å². The predicted molar refractivity (Wildman–Crippen MR) is 71.9 cm³/mol. The van der Waals surface area contributed by atoms with Crippen LogP contribution in [0, 0.1) is 0 Å². The van der Waals surface area contributed by atoms with Crippen molar-refractivity contribution in [2.45, 2.75) is 64.8 Å². The molecule has 0 aromatic carbocycles. The zero-order valence-corrected chi connectivity index (χ0v) is 12.1. The lowest BCUT2D eigenvalue weighted by Gasteiger charge is -2.29. The predicted octanol–water partition coefficient (Wildman–Crippen LogP) is 2.24. The summed E-state index contributed by atoms with van der Waals surface area (Å²) in [5.74, 6) is 1.64. The summed E-state index contributed by atoms with van der Waals surface area (Å²) in [6, 6.07) is 0. The van der Waals surface area contributed by atoms with Gasteiger partial charge in [-0.2, -0.15) is 0 Å². The third-order valence-corrected chi connectivity index (χ3v) is 4.16. The summed E-state index contributed by atoms with van der Waals surface area (Å²) in [5, 5.41) is 8.59. The number of carbonyl (C=O) groups is 1. The molecule has 5 heteroatoms. The van der Waals surface area contributed by atoms with E-state index in [-0.39, 0.29) is 5.97 Å². The molecule has 0 unspecified atom stereocenters. The quantitative estimate of drug-likeness (QED) is 0.766. The van der Waals surface area contributed by atoms with Gasteiger partial charge in [-0.3, -0.25) is 4.79 Å². The van der Waals surface area contributed by atoms with Gasteiger partial charge in [0, 0.05) is 13.0 Å². The van der Waals surface area contributed by atoms with Crippen LogP contribution in [0.4, 0.5) is 0 Å². The molecule has 0 atom stereocenters. The highest BCUT2D eigenvalue weighted by Gasteiger charge is 2.43. The normalized spacial score (nSPS) is 15.1. The number of ether oxygens (including phenoxy) is 1. The minimum absolute atomic E-state index is 0.166. The number of hydrogen-bond acceptors (Lipinski definition) is 4. The number of aromatic nitrogens is 3. The summed E-state index contributed by atoms with van der Waals surface area (Å²) < 4.78 is 7.42. The molecule has 2 rings (SSSR count). The van der Waals surface area contributed by atoms with E-state index in [0.29, 0.717) is 19.4 Å². The topological polar surface area (TPSA) is 57.0 Å². The van der Waals surface area contributed by atoms with Crippen LogP contribution in [0.5, 0.6) is 0 Å². The van der Waals surface area contributed by atoms with Crippen molar-refractivity contribution in [2.75, 3.05) is 6.61 Å². The molecule has 0 bridgehead atoms. The van der Waals surface area contributed by atoms with E-state index in [4.69, 9.17) is 4.74 Å². The van der Waals surface area contributed by atoms with Crippen LogP contribution in [-0.2, 0) is 27.9 Å². The average Bonchev–Trinajstić information content (AvgIpc) is 2.86. The summed E-state index contributed by atoms with van der Waals surface area (Å²) in [4.78, 5) is 12.4. The second kappa shape index (κ2) is 5.72. The minimum Gasteiger partial charge on any atom is -0.465 e. The number of nitrogens with zero attached hydrogens (tertiary/aromatic N) is 3. The Hall–Kier alpha value is -1.39. The Balaban J connectivity index is 2.44. The minimum atomic E-state index is -0.640. The fraction of sp³-hybridized carbons (Fsp3) is 0.786. The Kier molecular flexibility index (Phi) is 4.22. The van der Waals surface area contributed by atoms with Crippen molar-refractivity contribution in [3.63, 3.8) is 0 Å². The van der Waals surface area contributed by atoms with E-state index in [1.807, 2.05) is 20.8 Å². The second-order valence-corrected chi connectivity index (χ2v) is 5.06. The van der Waals surface area contributed by atoms with Gasteiger partial charge in [0.15, 0.2) is 5.82 Å². The lowest BCUT2D eigenvalue weighted by atomic mass is 9.81. The molecule has 19 heavy (non-hydrogen) atoms. The van der Waals surface area contributed by atoms with Gasteiger partial charge in [-0.05, 0) is 32.6 Å². The lowest BCUT2D eigenvalue weighted by Crippen LogP contribution is -2.39. The summed E-state index contributed by atoms with van der Waals surface area (Å²) in [7, 11) is 0. The van der Waals surface area contributed by atoms with Gasteiger partial charge >= 0.3 is 5.97 Å². The van der Waals surface area contributed by atoms with E-state index in [0.717, 1.165) is 37.5 Å². The fourth-order valence-corrected chi connectivity index (χ4v) is 2.88. The van der Waals surface area contributed by atoms with Crippen molar-refractivity contribution in [2.24, 2.45) is 0 Å². The van der Waals surface area contributed by atoms with Crippen molar-refractivity contribution < 1.29 is 9.53 Å². The van der Waals surface area contributed by atoms with Crippen LogP contribution < -0.4 is 0 Å². The van der Waals surface area contributed by atoms with Crippen LogP contribution in [0.1, 0.15) is 58.1 Å². The zero-order chi connectivity index (χ0) is 13.9. The van der Waals surface area contributed by atoms with Crippen molar-refractivity contribution in [3.05, 3.63) is 11.6 Å². The highest BCUT2D eigenvalue weighted by Crippen LogP contribution is 2.33. The maximum atomic E-state index is 12.4. The molecule has 1 aliphatic rings. The number of fused-ring (bicyclic) bond motifs is 1. The molecule has 2 heterocycles. The lowest BCUT2D eigenvalue weighted by molar-refractivity contribution is -0.151. The molecule has 0 aliphatic carbocycles. The number of hydrogen-bond donors (Lipinski definition) is 0. The van der Waals surface area contributed by atoms with Crippen LogP contribution in [0.25, 0.3) is 0 Å². The summed E-state index contributed by atoms with van der Waals surface area (Å²) >= 11 is 0. The Morgan fingerprint density at radius 2 is 2.00 bits per heavy atom. The number of esters is 1. The smallest absolute Gasteiger partial charge is 0.319 e. The molecule has 0 saturated carbocycles. The molecular weight excluding hydrogens is 242 g/mol. The van der Waals surface area contributed by atoms with Crippen LogP contribution >= 0.6 is 0 Å². The molecule has 0 radical (unpaired) electrons. The van der Waals surface area contributed by atoms with Gasteiger partial charge in [0.2, 0.25) is 0 Å². The Morgan fingerprint density at radius 1 is 1.26 bits per heavy atom. The molecular formula is C14H23N3O2. The van der Waals surface area contributed by atoms with Gasteiger partial charge in [-0.1, -0.05) is 13.8 Å². The molecule has 0 amide bonds. The molecule has 0 N–H and O–H groups in total. The fourth-order valence-electron chi connectivity index (χ4n) is 2.88. The first-order valence-corrected chi connectivity index (χ1v) is 7.29. The van der Waals surface area contributed by atoms with Crippen LogP contribution in [0.2, 0.25) is 0 Å². The van der Waals surface area contributed by atoms with E-state index >= 15 is 0 Å². The monoisotopic (exact) mass is 265 g/mol. The molecule has 1 aromatic rings. The van der Waals surface area contributed by atoms with Crippen LogP contribution in [0.3, 0.4) is 0 Å². The molecule has 0 spiro atoms. The van der Waals surface area contributed by atoms with E-state index in [9.17, 15) is 4.79 Å². The van der Waals surface area contributed by atoms with E-state index < -0.39 is 5.41 Å². The van der Waals surface area contributed by atoms with Crippen molar-refractivity contribution in [1.82, 2.24) is 14.8 Å². The Bertz CT molecular complexity index is 450. The first-order valence-electron chi connectivity index (χ1n) is 7.29. The van der Waals surface area contributed by atoms with Crippen LogP contribution in [-0.4, -0.2) is 27.3 Å². The second-order valence-electron chi connectivity index (χ2n) is 5.06. The molecule has 106 valence electrons. The van der Waals surface area contributed by atoms with Crippen molar-refractivity contribution >= 4 is 5.97 Å². The summed E-state index contributed by atoms with van der Waals surface area (Å²) in [5.41, 5.74) is -0.640. The third kappa shape index (κ3) is 2.26. The molecule has 1 aromatic heterocycles. The molecule has 0 saturated heterocycles. The number of rotatable bonds is 5. The van der Waals surface area contributed by atoms with Gasteiger partial charge in [0.05, 0.1) is 6.61 Å². The highest BCUT2D eigenvalue weighted by atomic mass is 16.5. The van der Waals surface area contributed by atoms with Crippen LogP contribution in [0.15, 0.2) is 0 Å². The summed E-state index contributed by atoms with van der Waals surface area (Å²) in [6.07, 6.45) is 4.63. The van der Waals surface area contributed by atoms with E-state index in [2.05, 4.69) is 14.8 Å². The van der Waals surface area contributed by atoms with Gasteiger partial charge in [-0.15, -0.1) is 10.2 Å². The van der Waals surface area contributed by atoms with Gasteiger partial charge in [0.1, 0.15) is 11.2 Å². The number of aryl methyl sites for hydroxylation is 1. The third-order valence-electron chi connectivity index (χ3n) is 4.16. The Morgan fingerprint density at radius 3 is 2.63 bits per heavy atom. The average molecular weight is 265 g/mol. The van der Waals surface area contributed by atoms with Gasteiger partial charge < -0.3 is 9.30 Å².